The van der Waals surface area contributed by atoms with Gasteiger partial charge in [-0.25, -0.2) is 9.78 Å². The molecule has 6 nitrogen and oxygen atoms in total. The van der Waals surface area contributed by atoms with Crippen LogP contribution in [0.5, 0.6) is 0 Å². The third-order valence-electron chi connectivity index (χ3n) is 4.81. The maximum atomic E-state index is 12.5. The van der Waals surface area contributed by atoms with Gasteiger partial charge in [-0.2, -0.15) is 0 Å². The van der Waals surface area contributed by atoms with Crippen LogP contribution in [0.4, 0.5) is 0 Å². The fraction of sp³-hybridized carbons (Fsp3) is 0.350. The molecule has 0 aliphatic carbocycles. The number of hydrogen-bond acceptors (Lipinski definition) is 6. The fourth-order valence-corrected chi connectivity index (χ4v) is 4.43. The Morgan fingerprint density at radius 2 is 2.19 bits per heavy atom. The first-order valence-electron chi connectivity index (χ1n) is 8.96. The Labute approximate surface area is 160 Å². The van der Waals surface area contributed by atoms with Crippen molar-refractivity contribution in [2.24, 2.45) is 0 Å². The summed E-state index contributed by atoms with van der Waals surface area (Å²) in [7, 11) is 0. The molecule has 140 valence electrons. The second kappa shape index (κ2) is 7.52. The van der Waals surface area contributed by atoms with E-state index in [1.54, 1.807) is 29.2 Å². The highest BCUT2D eigenvalue weighted by molar-refractivity contribution is 7.18. The van der Waals surface area contributed by atoms with Crippen molar-refractivity contribution in [1.29, 1.82) is 0 Å². The van der Waals surface area contributed by atoms with Crippen molar-refractivity contribution in [3.63, 3.8) is 0 Å². The minimum atomic E-state index is -0.606. The van der Waals surface area contributed by atoms with Crippen LogP contribution >= 0.6 is 11.3 Å². The maximum Gasteiger partial charge on any atom is 0.375 e. The van der Waals surface area contributed by atoms with Crippen LogP contribution in [0.15, 0.2) is 41.0 Å². The number of benzene rings is 1. The molecule has 3 heterocycles. The number of carbonyl (C=O) groups excluding carboxylic acids is 2. The maximum absolute atomic E-state index is 12.5. The number of rotatable bonds is 4. The number of carbonyl (C=O) groups is 2. The largest absolute Gasteiger partial charge is 0.457 e. The summed E-state index contributed by atoms with van der Waals surface area (Å²) in [6.45, 7) is 2.77. The molecule has 2 aromatic heterocycles. The standard InChI is InChI=1S/C20H20N2O4S/c1-13-8-10-25-18(13)20(24)26-12-17(23)22-9-4-5-14(11-22)19-21-15-6-2-3-7-16(15)27-19/h2-3,6-8,10,14H,4-5,9,11-12H2,1H3. The molecule has 27 heavy (non-hydrogen) atoms. The highest BCUT2D eigenvalue weighted by Gasteiger charge is 2.28. The van der Waals surface area contributed by atoms with E-state index >= 15 is 0 Å². The SMILES string of the molecule is Cc1ccoc1C(=O)OCC(=O)N1CCCC(c2nc3ccccc3s2)C1. The number of ether oxygens (including phenoxy) is 1. The van der Waals surface area contributed by atoms with E-state index in [1.807, 2.05) is 18.2 Å². The number of likely N-dealkylation sites (tertiary alicyclic amines) is 1. The van der Waals surface area contributed by atoms with Crippen molar-refractivity contribution < 1.29 is 18.7 Å². The summed E-state index contributed by atoms with van der Waals surface area (Å²) < 4.78 is 11.4. The van der Waals surface area contributed by atoms with Gasteiger partial charge in [0, 0.05) is 24.6 Å². The predicted octanol–water partition coefficient (Wildman–Crippen LogP) is 3.76. The number of thiazole rings is 1. The lowest BCUT2D eigenvalue weighted by Gasteiger charge is -2.31. The van der Waals surface area contributed by atoms with E-state index in [2.05, 4.69) is 6.07 Å². The van der Waals surface area contributed by atoms with Crippen molar-refractivity contribution >= 4 is 33.4 Å². The normalized spacial score (nSPS) is 17.2. The minimum absolute atomic E-state index is 0.147. The number of furan rings is 1. The molecule has 1 aliphatic rings. The average molecular weight is 384 g/mol. The molecule has 1 amide bonds. The monoisotopic (exact) mass is 384 g/mol. The molecule has 0 radical (unpaired) electrons. The quantitative estimate of drug-likeness (QED) is 0.641. The molecule has 1 saturated heterocycles. The van der Waals surface area contributed by atoms with Gasteiger partial charge in [-0.1, -0.05) is 12.1 Å². The molecule has 1 aliphatic heterocycles. The van der Waals surface area contributed by atoms with Crippen molar-refractivity contribution in [2.45, 2.75) is 25.7 Å². The summed E-state index contributed by atoms with van der Waals surface area (Å²) in [5.74, 6) is -0.416. The van der Waals surface area contributed by atoms with Crippen LogP contribution in [0.25, 0.3) is 10.2 Å². The average Bonchev–Trinajstić information content (AvgIpc) is 3.32. The molecule has 1 fully saturated rings. The number of amides is 1. The first-order valence-corrected chi connectivity index (χ1v) is 9.78. The number of para-hydroxylation sites is 1. The molecule has 0 bridgehead atoms. The van der Waals surface area contributed by atoms with Crippen molar-refractivity contribution in [3.05, 3.63) is 52.9 Å². The van der Waals surface area contributed by atoms with Gasteiger partial charge in [-0.05, 0) is 38.0 Å². The van der Waals surface area contributed by atoms with Crippen molar-refractivity contribution in [2.75, 3.05) is 19.7 Å². The molecule has 1 atom stereocenters. The zero-order valence-electron chi connectivity index (χ0n) is 15.0. The summed E-state index contributed by atoms with van der Waals surface area (Å²) >= 11 is 1.69. The third-order valence-corrected chi connectivity index (χ3v) is 6.01. The highest BCUT2D eigenvalue weighted by Crippen LogP contribution is 2.32. The summed E-state index contributed by atoms with van der Waals surface area (Å²) in [4.78, 5) is 31.0. The van der Waals surface area contributed by atoms with Crippen LogP contribution in [0.1, 0.15) is 39.9 Å². The molecule has 1 aromatic carbocycles. The van der Waals surface area contributed by atoms with E-state index in [9.17, 15) is 9.59 Å². The van der Waals surface area contributed by atoms with E-state index in [1.165, 1.54) is 11.0 Å². The molecular formula is C20H20N2O4S. The highest BCUT2D eigenvalue weighted by atomic mass is 32.1. The molecular weight excluding hydrogens is 364 g/mol. The topological polar surface area (TPSA) is 72.6 Å². The van der Waals surface area contributed by atoms with Crippen LogP contribution in [0.2, 0.25) is 0 Å². The Balaban J connectivity index is 1.38. The lowest BCUT2D eigenvalue weighted by Crippen LogP contribution is -2.41. The minimum Gasteiger partial charge on any atom is -0.457 e. The Morgan fingerprint density at radius 3 is 2.96 bits per heavy atom. The zero-order chi connectivity index (χ0) is 18.8. The number of aromatic nitrogens is 1. The molecule has 7 heteroatoms. The van der Waals surface area contributed by atoms with Gasteiger partial charge in [0.05, 0.1) is 21.5 Å². The molecule has 3 aromatic rings. The lowest BCUT2D eigenvalue weighted by molar-refractivity contribution is -0.135. The van der Waals surface area contributed by atoms with Gasteiger partial charge in [0.1, 0.15) is 0 Å². The van der Waals surface area contributed by atoms with Gasteiger partial charge in [-0.15, -0.1) is 11.3 Å². The summed E-state index contributed by atoms with van der Waals surface area (Å²) in [5.41, 5.74) is 1.70. The van der Waals surface area contributed by atoms with Crippen LogP contribution in [-0.2, 0) is 9.53 Å². The van der Waals surface area contributed by atoms with Gasteiger partial charge >= 0.3 is 5.97 Å². The zero-order valence-corrected chi connectivity index (χ0v) is 15.8. The van der Waals surface area contributed by atoms with E-state index in [0.717, 1.165) is 23.4 Å². The smallest absolute Gasteiger partial charge is 0.375 e. The fourth-order valence-electron chi connectivity index (χ4n) is 3.34. The predicted molar refractivity (Wildman–Crippen MR) is 102 cm³/mol. The van der Waals surface area contributed by atoms with Crippen LogP contribution in [0.3, 0.4) is 0 Å². The Hall–Kier alpha value is -2.67. The third kappa shape index (κ3) is 3.73. The Bertz CT molecular complexity index is 944. The van der Waals surface area contributed by atoms with E-state index < -0.39 is 5.97 Å². The van der Waals surface area contributed by atoms with Gasteiger partial charge in [0.25, 0.3) is 5.91 Å². The summed E-state index contributed by atoms with van der Waals surface area (Å²) in [6, 6.07) is 9.76. The Morgan fingerprint density at radius 1 is 1.33 bits per heavy atom. The van der Waals surface area contributed by atoms with Crippen molar-refractivity contribution in [3.8, 4) is 0 Å². The van der Waals surface area contributed by atoms with Crippen LogP contribution < -0.4 is 0 Å². The van der Waals surface area contributed by atoms with Crippen LogP contribution in [-0.4, -0.2) is 41.5 Å². The molecule has 4 rings (SSSR count). The lowest BCUT2D eigenvalue weighted by atomic mass is 9.99. The molecule has 0 spiro atoms. The van der Waals surface area contributed by atoms with E-state index in [4.69, 9.17) is 14.1 Å². The number of nitrogens with zero attached hydrogens (tertiary/aromatic N) is 2. The summed E-state index contributed by atoms with van der Waals surface area (Å²) in [5, 5.41) is 1.07. The van der Waals surface area contributed by atoms with Gasteiger partial charge in [-0.3, -0.25) is 4.79 Å². The number of hydrogen-bond donors (Lipinski definition) is 0. The van der Waals surface area contributed by atoms with Gasteiger partial charge < -0.3 is 14.1 Å². The molecule has 0 N–H and O–H groups in total. The van der Waals surface area contributed by atoms with Gasteiger partial charge in [0.2, 0.25) is 5.76 Å². The number of piperidine rings is 1. The Kier molecular flexibility index (Phi) is 4.94. The molecule has 0 saturated carbocycles. The number of aryl methyl sites for hydroxylation is 1. The summed E-state index contributed by atoms with van der Waals surface area (Å²) in [6.07, 6.45) is 3.35. The molecule has 1 unspecified atom stereocenters. The van der Waals surface area contributed by atoms with Crippen molar-refractivity contribution in [1.82, 2.24) is 9.88 Å². The first-order chi connectivity index (χ1) is 13.1. The number of fused-ring (bicyclic) bond motifs is 1. The van der Waals surface area contributed by atoms with Gasteiger partial charge in [0.15, 0.2) is 6.61 Å². The first kappa shape index (κ1) is 17.7. The van der Waals surface area contributed by atoms with E-state index in [-0.39, 0.29) is 24.2 Å². The second-order valence-electron chi connectivity index (χ2n) is 6.71. The van der Waals surface area contributed by atoms with E-state index in [0.29, 0.717) is 18.7 Å². The second-order valence-corrected chi connectivity index (χ2v) is 7.77. The van der Waals surface area contributed by atoms with Crippen LogP contribution in [0, 0.1) is 6.92 Å². The number of esters is 1.